The first kappa shape index (κ1) is 31.4. The Morgan fingerprint density at radius 1 is 0.719 bits per heavy atom. The Bertz CT molecular complexity index is 640. The summed E-state index contributed by atoms with van der Waals surface area (Å²) in [5.41, 5.74) is 1.33. The standard InChI is InChI=1S/C28H46O3.Na/c1-4-5-6-7-8-9-10-11-12-13-14-15-16-17-18-19-27(29)26-22-24(23(2)3)20-21-25(26)28(30)31;/h20-23H,4-19H2,1-3H3,(H,30,31);/q;+1/p-1. The molecule has 0 amide bonds. The minimum absolute atomic E-state index is 0. The summed E-state index contributed by atoms with van der Waals surface area (Å²) in [4.78, 5) is 23.9. The maximum absolute atomic E-state index is 12.6. The first-order valence-electron chi connectivity index (χ1n) is 12.9. The zero-order valence-electron chi connectivity index (χ0n) is 21.3. The van der Waals surface area contributed by atoms with Gasteiger partial charge in [0.2, 0.25) is 0 Å². The number of hydrogen-bond acceptors (Lipinski definition) is 3. The summed E-state index contributed by atoms with van der Waals surface area (Å²) in [5.74, 6) is -1.08. The van der Waals surface area contributed by atoms with Crippen LogP contribution in [-0.4, -0.2) is 11.8 Å². The molecule has 1 rings (SSSR count). The van der Waals surface area contributed by atoms with Crippen LogP contribution in [-0.2, 0) is 0 Å². The van der Waals surface area contributed by atoms with Crippen LogP contribution in [0.5, 0.6) is 0 Å². The van der Waals surface area contributed by atoms with Crippen molar-refractivity contribution in [1.82, 2.24) is 0 Å². The average molecular weight is 453 g/mol. The van der Waals surface area contributed by atoms with Gasteiger partial charge in [0.05, 0.1) is 5.97 Å². The first-order chi connectivity index (χ1) is 15.0. The predicted octanol–water partition coefficient (Wildman–Crippen LogP) is 4.62. The molecule has 3 nitrogen and oxygen atoms in total. The maximum Gasteiger partial charge on any atom is 1.00 e. The van der Waals surface area contributed by atoms with Gasteiger partial charge in [-0.1, -0.05) is 123 Å². The van der Waals surface area contributed by atoms with Crippen molar-refractivity contribution in [3.05, 3.63) is 34.9 Å². The molecule has 0 aromatic heterocycles. The van der Waals surface area contributed by atoms with E-state index in [0.29, 0.717) is 12.0 Å². The van der Waals surface area contributed by atoms with Gasteiger partial charge in [-0.05, 0) is 24.0 Å². The van der Waals surface area contributed by atoms with Crippen LogP contribution in [0.2, 0.25) is 0 Å². The zero-order valence-corrected chi connectivity index (χ0v) is 23.3. The van der Waals surface area contributed by atoms with Crippen LogP contribution in [0.4, 0.5) is 0 Å². The van der Waals surface area contributed by atoms with Gasteiger partial charge < -0.3 is 9.90 Å². The summed E-state index contributed by atoms with van der Waals surface area (Å²) in [6, 6.07) is 5.04. The molecule has 0 spiro atoms. The van der Waals surface area contributed by atoms with Crippen LogP contribution in [0, 0.1) is 0 Å². The van der Waals surface area contributed by atoms with Crippen molar-refractivity contribution in [2.75, 3.05) is 0 Å². The Balaban J connectivity index is 0.00000961. The van der Waals surface area contributed by atoms with E-state index in [1.165, 1.54) is 83.1 Å². The van der Waals surface area contributed by atoms with E-state index in [4.69, 9.17) is 0 Å². The zero-order chi connectivity index (χ0) is 22.9. The topological polar surface area (TPSA) is 57.2 Å². The van der Waals surface area contributed by atoms with Gasteiger partial charge in [-0.2, -0.15) is 0 Å². The van der Waals surface area contributed by atoms with Crippen molar-refractivity contribution in [2.45, 2.75) is 129 Å². The van der Waals surface area contributed by atoms with E-state index in [9.17, 15) is 14.7 Å². The molecule has 4 heteroatoms. The molecular formula is C28H45NaO3. The number of Topliss-reactive ketones (excluding diaryl/α,β-unsaturated/α-hetero) is 1. The molecule has 1 aromatic rings. The van der Waals surface area contributed by atoms with E-state index < -0.39 is 5.97 Å². The Labute approximate surface area is 219 Å². The molecule has 176 valence electrons. The number of unbranched alkanes of at least 4 members (excludes halogenated alkanes) is 14. The number of carboxylic acids is 1. The summed E-state index contributed by atoms with van der Waals surface area (Å²) in [6.07, 6.45) is 19.7. The molecule has 32 heavy (non-hydrogen) atoms. The SMILES string of the molecule is CCCCCCCCCCCCCCCCCC(=O)c1cc(C(C)C)ccc1C(=O)[O-].[Na+]. The second-order valence-electron chi connectivity index (χ2n) is 9.37. The van der Waals surface area contributed by atoms with Gasteiger partial charge >= 0.3 is 29.6 Å². The maximum atomic E-state index is 12.6. The van der Waals surface area contributed by atoms with E-state index in [1.54, 1.807) is 12.1 Å². The van der Waals surface area contributed by atoms with E-state index >= 15 is 0 Å². The Morgan fingerprint density at radius 3 is 1.56 bits per heavy atom. The molecule has 0 unspecified atom stereocenters. The summed E-state index contributed by atoms with van der Waals surface area (Å²) in [7, 11) is 0. The van der Waals surface area contributed by atoms with Gasteiger partial charge in [0.25, 0.3) is 0 Å². The summed E-state index contributed by atoms with van der Waals surface area (Å²) >= 11 is 0. The van der Waals surface area contributed by atoms with Gasteiger partial charge in [-0.25, -0.2) is 0 Å². The molecule has 0 fully saturated rings. The van der Waals surface area contributed by atoms with Crippen LogP contribution in [0.1, 0.15) is 156 Å². The largest absolute Gasteiger partial charge is 1.00 e. The number of ketones is 1. The number of carbonyl (C=O) groups excluding carboxylic acids is 2. The van der Waals surface area contributed by atoms with Gasteiger partial charge in [0, 0.05) is 17.5 Å². The third-order valence-electron chi connectivity index (χ3n) is 6.24. The van der Waals surface area contributed by atoms with Crippen LogP contribution in [0.3, 0.4) is 0 Å². The van der Waals surface area contributed by atoms with Crippen LogP contribution in [0.25, 0.3) is 0 Å². The molecular weight excluding hydrogens is 407 g/mol. The Kier molecular flexibility index (Phi) is 19.4. The molecule has 0 saturated heterocycles. The summed E-state index contributed by atoms with van der Waals surface area (Å²) in [6.45, 7) is 6.34. The Morgan fingerprint density at radius 2 is 1.16 bits per heavy atom. The van der Waals surface area contributed by atoms with E-state index in [0.717, 1.165) is 24.8 Å². The number of hydrogen-bond donors (Lipinski definition) is 0. The molecule has 0 heterocycles. The number of carboxylic acid groups (broad SMARTS) is 1. The van der Waals surface area contributed by atoms with Crippen molar-refractivity contribution in [2.24, 2.45) is 0 Å². The van der Waals surface area contributed by atoms with Crippen molar-refractivity contribution >= 4 is 11.8 Å². The minimum Gasteiger partial charge on any atom is -0.545 e. The molecule has 0 saturated carbocycles. The molecule has 0 aliphatic rings. The fourth-order valence-electron chi connectivity index (χ4n) is 4.12. The van der Waals surface area contributed by atoms with Gasteiger partial charge in [-0.15, -0.1) is 0 Å². The van der Waals surface area contributed by atoms with E-state index in [1.807, 2.05) is 13.8 Å². The minimum atomic E-state index is -1.27. The second-order valence-corrected chi connectivity index (χ2v) is 9.37. The van der Waals surface area contributed by atoms with E-state index in [-0.39, 0.29) is 46.8 Å². The third-order valence-corrected chi connectivity index (χ3v) is 6.24. The molecule has 0 atom stereocenters. The predicted molar refractivity (Wildman–Crippen MR) is 129 cm³/mol. The fourth-order valence-corrected chi connectivity index (χ4v) is 4.12. The van der Waals surface area contributed by atoms with Crippen molar-refractivity contribution in [3.63, 3.8) is 0 Å². The first-order valence-corrected chi connectivity index (χ1v) is 12.9. The fraction of sp³-hybridized carbons (Fsp3) is 0.714. The average Bonchev–Trinajstić information content (AvgIpc) is 2.75. The number of rotatable bonds is 19. The quantitative estimate of drug-likeness (QED) is 0.175. The molecule has 0 N–H and O–H groups in total. The number of aromatic carboxylic acids is 1. The molecule has 1 aromatic carbocycles. The summed E-state index contributed by atoms with van der Waals surface area (Å²) in [5, 5.41) is 11.4. The monoisotopic (exact) mass is 452 g/mol. The van der Waals surface area contributed by atoms with Gasteiger partial charge in [0.15, 0.2) is 5.78 Å². The summed E-state index contributed by atoms with van der Waals surface area (Å²) < 4.78 is 0. The van der Waals surface area contributed by atoms with Gasteiger partial charge in [0.1, 0.15) is 0 Å². The van der Waals surface area contributed by atoms with Crippen molar-refractivity contribution < 1.29 is 44.3 Å². The number of carbonyl (C=O) groups is 2. The van der Waals surface area contributed by atoms with Crippen molar-refractivity contribution in [1.29, 1.82) is 0 Å². The van der Waals surface area contributed by atoms with E-state index in [2.05, 4.69) is 6.92 Å². The van der Waals surface area contributed by atoms with Crippen LogP contribution >= 0.6 is 0 Å². The second kappa shape index (κ2) is 19.8. The molecule has 0 bridgehead atoms. The smallest absolute Gasteiger partial charge is 0.545 e. The Hall–Kier alpha value is -0.640. The number of benzene rings is 1. The molecule has 0 radical (unpaired) electrons. The van der Waals surface area contributed by atoms with Crippen LogP contribution in [0.15, 0.2) is 18.2 Å². The third kappa shape index (κ3) is 13.8. The van der Waals surface area contributed by atoms with Crippen LogP contribution < -0.4 is 34.7 Å². The van der Waals surface area contributed by atoms with Gasteiger partial charge in [-0.3, -0.25) is 4.79 Å². The van der Waals surface area contributed by atoms with Crippen molar-refractivity contribution in [3.8, 4) is 0 Å². The molecule has 0 aliphatic heterocycles. The molecule has 0 aliphatic carbocycles. The normalized spacial score (nSPS) is 10.9.